The molecule has 0 aliphatic rings. The number of hydrogen-bond acceptors (Lipinski definition) is 6. The van der Waals surface area contributed by atoms with Gasteiger partial charge in [0, 0.05) is 42.3 Å². The van der Waals surface area contributed by atoms with Gasteiger partial charge >= 0.3 is 0 Å². The van der Waals surface area contributed by atoms with Crippen LogP contribution >= 0.6 is 22.7 Å². The van der Waals surface area contributed by atoms with Crippen LogP contribution in [0, 0.1) is 0 Å². The minimum Gasteiger partial charge on any atom is -0.507 e. The molecule has 0 bridgehead atoms. The zero-order valence-electron chi connectivity index (χ0n) is 15.8. The standard InChI is InChI=1S/C20H24N4OS2/c1-4-21-20-24(17(14-27-20)19-8-7-11-26-19)22-13-15-9-10-16(12-18(15)25)23(5-2)6-3/h7-14,25H,4-6H2,1-3H3. The van der Waals surface area contributed by atoms with Crippen molar-refractivity contribution in [3.8, 4) is 16.3 Å². The molecule has 0 saturated heterocycles. The second-order valence-electron chi connectivity index (χ2n) is 5.83. The molecule has 7 heteroatoms. The predicted molar refractivity (Wildman–Crippen MR) is 116 cm³/mol. The maximum absolute atomic E-state index is 10.4. The Morgan fingerprint density at radius 2 is 1.96 bits per heavy atom. The Hall–Kier alpha value is -2.38. The van der Waals surface area contributed by atoms with E-state index in [1.807, 2.05) is 29.8 Å². The van der Waals surface area contributed by atoms with Crippen LogP contribution < -0.4 is 9.70 Å². The maximum atomic E-state index is 10.4. The molecule has 2 heterocycles. The molecule has 142 valence electrons. The highest BCUT2D eigenvalue weighted by atomic mass is 32.1. The van der Waals surface area contributed by atoms with Gasteiger partial charge in [0.05, 0.1) is 16.8 Å². The second-order valence-corrected chi connectivity index (χ2v) is 7.61. The van der Waals surface area contributed by atoms with Gasteiger partial charge in [-0.3, -0.25) is 4.99 Å². The number of rotatable bonds is 7. The van der Waals surface area contributed by atoms with E-state index in [9.17, 15) is 5.11 Å². The average Bonchev–Trinajstić information content (AvgIpc) is 3.32. The van der Waals surface area contributed by atoms with E-state index in [2.05, 4.69) is 45.7 Å². The SMILES string of the molecule is CCN=c1scc(-c2cccs2)n1N=Cc1ccc(N(CC)CC)cc1O. The maximum Gasteiger partial charge on any atom is 0.206 e. The third-order valence-corrected chi connectivity index (χ3v) is 5.95. The Kier molecular flexibility index (Phi) is 6.47. The number of thiophene rings is 1. The van der Waals surface area contributed by atoms with Gasteiger partial charge in [0.1, 0.15) is 5.75 Å². The molecule has 0 unspecified atom stereocenters. The van der Waals surface area contributed by atoms with Crippen LogP contribution in [0.1, 0.15) is 26.3 Å². The normalized spacial score (nSPS) is 12.2. The molecule has 3 aromatic rings. The van der Waals surface area contributed by atoms with Gasteiger partial charge in [0.25, 0.3) is 0 Å². The molecule has 0 aliphatic carbocycles. The van der Waals surface area contributed by atoms with Crippen LogP contribution in [0.4, 0.5) is 5.69 Å². The van der Waals surface area contributed by atoms with Crippen LogP contribution in [-0.2, 0) is 0 Å². The summed E-state index contributed by atoms with van der Waals surface area (Å²) >= 11 is 3.24. The number of nitrogens with zero attached hydrogens (tertiary/aromatic N) is 4. The first-order valence-corrected chi connectivity index (χ1v) is 10.8. The van der Waals surface area contributed by atoms with Gasteiger partial charge in [-0.25, -0.2) is 4.68 Å². The average molecular weight is 401 g/mol. The summed E-state index contributed by atoms with van der Waals surface area (Å²) in [6, 6.07) is 9.82. The molecule has 0 amide bonds. The van der Waals surface area contributed by atoms with E-state index in [0.717, 1.165) is 34.1 Å². The molecule has 5 nitrogen and oxygen atoms in total. The number of aromatic nitrogens is 1. The Morgan fingerprint density at radius 3 is 2.59 bits per heavy atom. The van der Waals surface area contributed by atoms with Crippen molar-refractivity contribution >= 4 is 34.6 Å². The van der Waals surface area contributed by atoms with Crippen molar-refractivity contribution in [2.75, 3.05) is 24.5 Å². The molecular weight excluding hydrogens is 376 g/mol. The van der Waals surface area contributed by atoms with E-state index in [4.69, 9.17) is 0 Å². The highest BCUT2D eigenvalue weighted by molar-refractivity contribution is 7.14. The predicted octanol–water partition coefficient (Wildman–Crippen LogP) is 4.63. The lowest BCUT2D eigenvalue weighted by Crippen LogP contribution is -2.21. The van der Waals surface area contributed by atoms with Crippen molar-refractivity contribution < 1.29 is 5.11 Å². The molecule has 0 aliphatic heterocycles. The molecule has 0 atom stereocenters. The van der Waals surface area contributed by atoms with Crippen LogP contribution in [0.2, 0.25) is 0 Å². The van der Waals surface area contributed by atoms with E-state index in [-0.39, 0.29) is 5.75 Å². The zero-order valence-corrected chi connectivity index (χ0v) is 17.4. The quantitative estimate of drug-likeness (QED) is 0.588. The number of benzene rings is 1. The minimum absolute atomic E-state index is 0.227. The number of phenols is 1. The van der Waals surface area contributed by atoms with Crippen LogP contribution in [0.5, 0.6) is 5.75 Å². The summed E-state index contributed by atoms with van der Waals surface area (Å²) in [6.45, 7) is 8.72. The van der Waals surface area contributed by atoms with Gasteiger partial charge in [0.15, 0.2) is 0 Å². The second kappa shape index (κ2) is 9.01. The molecule has 0 radical (unpaired) electrons. The van der Waals surface area contributed by atoms with Crippen LogP contribution in [-0.4, -0.2) is 35.6 Å². The largest absolute Gasteiger partial charge is 0.507 e. The number of phenolic OH excluding ortho intramolecular Hbond substituents is 1. The smallest absolute Gasteiger partial charge is 0.206 e. The van der Waals surface area contributed by atoms with Crippen molar-refractivity contribution in [3.63, 3.8) is 0 Å². The van der Waals surface area contributed by atoms with Crippen molar-refractivity contribution in [3.05, 3.63) is 51.5 Å². The third kappa shape index (κ3) is 4.31. The highest BCUT2D eigenvalue weighted by Crippen LogP contribution is 2.26. The number of anilines is 1. The van der Waals surface area contributed by atoms with Crippen LogP contribution in [0.3, 0.4) is 0 Å². The van der Waals surface area contributed by atoms with E-state index >= 15 is 0 Å². The molecular formula is C20H24N4OS2. The van der Waals surface area contributed by atoms with E-state index in [1.54, 1.807) is 35.0 Å². The number of thiazole rings is 1. The van der Waals surface area contributed by atoms with Crippen molar-refractivity contribution in [2.24, 2.45) is 10.1 Å². The first-order chi connectivity index (χ1) is 13.2. The zero-order chi connectivity index (χ0) is 19.2. The van der Waals surface area contributed by atoms with Crippen LogP contribution in [0.15, 0.2) is 51.2 Å². The fraction of sp³-hybridized carbons (Fsp3) is 0.300. The molecule has 2 aromatic heterocycles. The van der Waals surface area contributed by atoms with Gasteiger partial charge in [-0.2, -0.15) is 5.10 Å². The Labute approximate surface area is 167 Å². The fourth-order valence-electron chi connectivity index (χ4n) is 2.80. The van der Waals surface area contributed by atoms with Crippen LogP contribution in [0.25, 0.3) is 10.6 Å². The molecule has 0 fully saturated rings. The lowest BCUT2D eigenvalue weighted by Gasteiger charge is -2.21. The van der Waals surface area contributed by atoms with E-state index < -0.39 is 0 Å². The summed E-state index contributed by atoms with van der Waals surface area (Å²) in [4.78, 5) is 8.72. The Bertz CT molecular complexity index is 966. The van der Waals surface area contributed by atoms with Crippen molar-refractivity contribution in [1.29, 1.82) is 0 Å². The molecule has 1 N–H and O–H groups in total. The Balaban J connectivity index is 1.97. The van der Waals surface area contributed by atoms with Gasteiger partial charge < -0.3 is 10.0 Å². The van der Waals surface area contributed by atoms with E-state index in [0.29, 0.717) is 12.1 Å². The summed E-state index contributed by atoms with van der Waals surface area (Å²) in [5.41, 5.74) is 2.71. The highest BCUT2D eigenvalue weighted by Gasteiger charge is 2.09. The first-order valence-electron chi connectivity index (χ1n) is 9.05. The summed E-state index contributed by atoms with van der Waals surface area (Å²) in [5, 5.41) is 19.2. The molecule has 0 saturated carbocycles. The number of aromatic hydroxyl groups is 1. The molecule has 3 rings (SSSR count). The van der Waals surface area contributed by atoms with Crippen molar-refractivity contribution in [2.45, 2.75) is 20.8 Å². The van der Waals surface area contributed by atoms with Gasteiger partial charge in [-0.05, 0) is 44.4 Å². The van der Waals surface area contributed by atoms with Gasteiger partial charge in [0.2, 0.25) is 4.80 Å². The lowest BCUT2D eigenvalue weighted by molar-refractivity contribution is 0.474. The van der Waals surface area contributed by atoms with E-state index in [1.165, 1.54) is 0 Å². The summed E-state index contributed by atoms with van der Waals surface area (Å²) < 4.78 is 1.84. The monoisotopic (exact) mass is 400 g/mol. The minimum atomic E-state index is 0.227. The molecule has 0 spiro atoms. The molecule has 1 aromatic carbocycles. The van der Waals surface area contributed by atoms with Gasteiger partial charge in [-0.1, -0.05) is 6.07 Å². The van der Waals surface area contributed by atoms with Gasteiger partial charge in [-0.15, -0.1) is 22.7 Å². The summed E-state index contributed by atoms with van der Waals surface area (Å²) in [5.74, 6) is 0.227. The number of hydrogen-bond donors (Lipinski definition) is 1. The summed E-state index contributed by atoms with van der Waals surface area (Å²) in [6.07, 6.45) is 1.69. The third-order valence-electron chi connectivity index (χ3n) is 4.21. The fourth-order valence-corrected chi connectivity index (χ4v) is 4.49. The van der Waals surface area contributed by atoms with Crippen molar-refractivity contribution in [1.82, 2.24) is 4.68 Å². The Morgan fingerprint density at radius 1 is 1.15 bits per heavy atom. The lowest BCUT2D eigenvalue weighted by atomic mass is 10.2. The summed E-state index contributed by atoms with van der Waals surface area (Å²) in [7, 11) is 0. The molecule has 27 heavy (non-hydrogen) atoms. The first kappa shape index (κ1) is 19.4. The topological polar surface area (TPSA) is 53.1 Å².